The number of nitrogens with one attached hydrogen (secondary N) is 1. The second-order valence-corrected chi connectivity index (χ2v) is 5.63. The summed E-state index contributed by atoms with van der Waals surface area (Å²) in [4.78, 5) is 0. The molecule has 20 heavy (non-hydrogen) atoms. The van der Waals surface area contributed by atoms with Crippen molar-refractivity contribution in [2.24, 2.45) is 17.7 Å². The van der Waals surface area contributed by atoms with Crippen molar-refractivity contribution in [3.63, 3.8) is 0 Å². The topological polar surface area (TPSA) is 38.0 Å². The van der Waals surface area contributed by atoms with Gasteiger partial charge in [0.05, 0.1) is 5.92 Å². The van der Waals surface area contributed by atoms with Crippen LogP contribution in [-0.4, -0.2) is 12.2 Å². The van der Waals surface area contributed by atoms with Gasteiger partial charge in [-0.3, -0.25) is 11.3 Å². The zero-order valence-corrected chi connectivity index (χ0v) is 11.4. The van der Waals surface area contributed by atoms with Crippen LogP contribution in [0.4, 0.5) is 13.2 Å². The Morgan fingerprint density at radius 3 is 2.50 bits per heavy atom. The van der Waals surface area contributed by atoms with E-state index in [4.69, 9.17) is 5.84 Å². The molecule has 0 radical (unpaired) electrons. The molecule has 1 aromatic carbocycles. The van der Waals surface area contributed by atoms with Gasteiger partial charge in [-0.1, -0.05) is 36.8 Å². The highest BCUT2D eigenvalue weighted by Crippen LogP contribution is 2.41. The summed E-state index contributed by atoms with van der Waals surface area (Å²) in [5, 5.41) is 0. The second kappa shape index (κ2) is 6.59. The van der Waals surface area contributed by atoms with Crippen LogP contribution in [0.1, 0.15) is 31.2 Å². The van der Waals surface area contributed by atoms with Gasteiger partial charge < -0.3 is 0 Å². The average Bonchev–Trinajstić information content (AvgIpc) is 2.45. The fourth-order valence-corrected chi connectivity index (χ4v) is 3.12. The minimum absolute atomic E-state index is 0.0134. The Kier molecular flexibility index (Phi) is 5.05. The molecule has 1 fully saturated rings. The van der Waals surface area contributed by atoms with Crippen LogP contribution >= 0.6 is 0 Å². The SMILES string of the molecule is NNC(Cc1ccccc1)C1CCCC(C(F)(F)F)C1. The van der Waals surface area contributed by atoms with E-state index in [0.717, 1.165) is 12.0 Å². The summed E-state index contributed by atoms with van der Waals surface area (Å²) in [5.41, 5.74) is 3.83. The summed E-state index contributed by atoms with van der Waals surface area (Å²) < 4.78 is 38.6. The van der Waals surface area contributed by atoms with Crippen LogP contribution in [-0.2, 0) is 6.42 Å². The van der Waals surface area contributed by atoms with Gasteiger partial charge >= 0.3 is 6.18 Å². The first-order valence-electron chi connectivity index (χ1n) is 7.07. The van der Waals surface area contributed by atoms with Crippen LogP contribution in [0.5, 0.6) is 0 Å². The number of halogens is 3. The molecule has 3 atom stereocenters. The third-order valence-corrected chi connectivity index (χ3v) is 4.26. The lowest BCUT2D eigenvalue weighted by Crippen LogP contribution is -2.45. The highest BCUT2D eigenvalue weighted by atomic mass is 19.4. The van der Waals surface area contributed by atoms with E-state index < -0.39 is 12.1 Å². The number of nitrogens with two attached hydrogens (primary N) is 1. The van der Waals surface area contributed by atoms with Gasteiger partial charge in [-0.2, -0.15) is 13.2 Å². The third-order valence-electron chi connectivity index (χ3n) is 4.26. The number of hydrogen-bond acceptors (Lipinski definition) is 2. The molecule has 1 saturated carbocycles. The van der Waals surface area contributed by atoms with Crippen LogP contribution in [0.15, 0.2) is 30.3 Å². The van der Waals surface area contributed by atoms with Crippen molar-refractivity contribution in [1.29, 1.82) is 0 Å². The van der Waals surface area contributed by atoms with Crippen LogP contribution in [0.3, 0.4) is 0 Å². The first-order valence-corrected chi connectivity index (χ1v) is 7.07. The van der Waals surface area contributed by atoms with Crippen LogP contribution in [0, 0.1) is 11.8 Å². The van der Waals surface area contributed by atoms with Crippen molar-refractivity contribution in [3.8, 4) is 0 Å². The Morgan fingerprint density at radius 1 is 1.20 bits per heavy atom. The lowest BCUT2D eigenvalue weighted by molar-refractivity contribution is -0.186. The van der Waals surface area contributed by atoms with Gasteiger partial charge in [0.15, 0.2) is 0 Å². The minimum atomic E-state index is -4.08. The van der Waals surface area contributed by atoms with Crippen molar-refractivity contribution in [1.82, 2.24) is 5.43 Å². The van der Waals surface area contributed by atoms with Gasteiger partial charge in [0, 0.05) is 6.04 Å². The molecule has 0 saturated heterocycles. The Labute approximate surface area is 117 Å². The number of hydrazine groups is 1. The maximum atomic E-state index is 12.9. The molecule has 3 N–H and O–H groups in total. The molecule has 3 unspecified atom stereocenters. The quantitative estimate of drug-likeness (QED) is 0.657. The van der Waals surface area contributed by atoms with Crippen LogP contribution < -0.4 is 11.3 Å². The summed E-state index contributed by atoms with van der Waals surface area (Å²) in [6, 6.07) is 9.66. The predicted octanol–water partition coefficient (Wildman–Crippen LogP) is 3.43. The summed E-state index contributed by atoms with van der Waals surface area (Å²) in [5.74, 6) is 4.39. The molecule has 1 aliphatic rings. The molecule has 112 valence electrons. The highest BCUT2D eigenvalue weighted by Gasteiger charge is 2.43. The van der Waals surface area contributed by atoms with E-state index in [0.29, 0.717) is 12.8 Å². The molecule has 2 nitrogen and oxygen atoms in total. The maximum absolute atomic E-state index is 12.9. The molecule has 0 heterocycles. The van der Waals surface area contributed by atoms with Crippen LogP contribution in [0.2, 0.25) is 0 Å². The van der Waals surface area contributed by atoms with Crippen molar-refractivity contribution in [2.45, 2.75) is 44.3 Å². The molecule has 0 amide bonds. The Balaban J connectivity index is 2.00. The molecular formula is C15H21F3N2. The molecule has 1 aromatic rings. The Hall–Kier alpha value is -1.07. The Bertz CT molecular complexity index is 405. The minimum Gasteiger partial charge on any atom is -0.271 e. The first-order chi connectivity index (χ1) is 9.50. The molecule has 5 heteroatoms. The standard InChI is InChI=1S/C15H21F3N2/c16-15(17,18)13-8-4-7-12(10-13)14(20-19)9-11-5-2-1-3-6-11/h1-3,5-6,12-14,20H,4,7-10,19H2. The highest BCUT2D eigenvalue weighted by molar-refractivity contribution is 5.16. The van der Waals surface area contributed by atoms with E-state index in [-0.39, 0.29) is 24.8 Å². The molecular weight excluding hydrogens is 265 g/mol. The van der Waals surface area contributed by atoms with Gasteiger partial charge in [-0.15, -0.1) is 0 Å². The fraction of sp³-hybridized carbons (Fsp3) is 0.600. The van der Waals surface area contributed by atoms with E-state index >= 15 is 0 Å². The fourth-order valence-electron chi connectivity index (χ4n) is 3.12. The second-order valence-electron chi connectivity index (χ2n) is 5.63. The largest absolute Gasteiger partial charge is 0.391 e. The monoisotopic (exact) mass is 286 g/mol. The smallest absolute Gasteiger partial charge is 0.271 e. The average molecular weight is 286 g/mol. The van der Waals surface area contributed by atoms with E-state index in [1.54, 1.807) is 0 Å². The van der Waals surface area contributed by atoms with Gasteiger partial charge in [-0.05, 0) is 37.2 Å². The van der Waals surface area contributed by atoms with Gasteiger partial charge in [-0.25, -0.2) is 0 Å². The summed E-state index contributed by atoms with van der Waals surface area (Å²) >= 11 is 0. The van der Waals surface area contributed by atoms with E-state index in [1.165, 1.54) is 0 Å². The Morgan fingerprint density at radius 2 is 1.90 bits per heavy atom. The maximum Gasteiger partial charge on any atom is 0.391 e. The van der Waals surface area contributed by atoms with Crippen molar-refractivity contribution >= 4 is 0 Å². The van der Waals surface area contributed by atoms with Gasteiger partial charge in [0.1, 0.15) is 0 Å². The molecule has 0 bridgehead atoms. The molecule has 0 spiro atoms. The van der Waals surface area contributed by atoms with Crippen LogP contribution in [0.25, 0.3) is 0 Å². The van der Waals surface area contributed by atoms with Gasteiger partial charge in [0.2, 0.25) is 0 Å². The number of hydrogen-bond donors (Lipinski definition) is 2. The number of rotatable bonds is 4. The zero-order chi connectivity index (χ0) is 14.6. The van der Waals surface area contributed by atoms with Gasteiger partial charge in [0.25, 0.3) is 0 Å². The number of benzene rings is 1. The summed E-state index contributed by atoms with van der Waals surface area (Å²) in [6.45, 7) is 0. The molecule has 0 aromatic heterocycles. The number of alkyl halides is 3. The molecule has 2 rings (SSSR count). The zero-order valence-electron chi connectivity index (χ0n) is 11.4. The van der Waals surface area contributed by atoms with Crippen molar-refractivity contribution in [3.05, 3.63) is 35.9 Å². The predicted molar refractivity (Wildman–Crippen MR) is 72.8 cm³/mol. The van der Waals surface area contributed by atoms with Crippen molar-refractivity contribution < 1.29 is 13.2 Å². The normalized spacial score (nSPS) is 25.4. The first kappa shape index (κ1) is 15.3. The van der Waals surface area contributed by atoms with E-state index in [2.05, 4.69) is 5.43 Å². The lowest BCUT2D eigenvalue weighted by atomic mass is 9.76. The molecule has 0 aliphatic heterocycles. The third kappa shape index (κ3) is 3.96. The summed E-state index contributed by atoms with van der Waals surface area (Å²) in [6.07, 6.45) is -1.53. The molecule has 1 aliphatic carbocycles. The van der Waals surface area contributed by atoms with Crippen molar-refractivity contribution in [2.75, 3.05) is 0 Å². The van der Waals surface area contributed by atoms with E-state index in [1.807, 2.05) is 30.3 Å². The van der Waals surface area contributed by atoms with E-state index in [9.17, 15) is 13.2 Å². The summed E-state index contributed by atoms with van der Waals surface area (Å²) in [7, 11) is 0. The lowest BCUT2D eigenvalue weighted by Gasteiger charge is -2.35.